The molecule has 2 nitrogen and oxygen atoms in total. The molecule has 0 amide bonds. The van der Waals surface area contributed by atoms with Crippen molar-refractivity contribution in [2.24, 2.45) is 5.92 Å². The molecule has 0 aromatic rings. The summed E-state index contributed by atoms with van der Waals surface area (Å²) in [6.45, 7) is 3.16. The van der Waals surface area contributed by atoms with E-state index in [-0.39, 0.29) is 0 Å². The van der Waals surface area contributed by atoms with E-state index in [1.165, 1.54) is 32.1 Å². The third kappa shape index (κ3) is 1.40. The van der Waals surface area contributed by atoms with Crippen LogP contribution in [0.2, 0.25) is 0 Å². The van der Waals surface area contributed by atoms with Gasteiger partial charge in [0.25, 0.3) is 0 Å². The SMILES string of the molecule is CC1OCCC1NC1(C2CC2)CC1. The number of nitrogens with one attached hydrogen (secondary N) is 1. The lowest BCUT2D eigenvalue weighted by Crippen LogP contribution is -2.44. The zero-order valence-corrected chi connectivity index (χ0v) is 8.38. The van der Waals surface area contributed by atoms with Gasteiger partial charge in [0, 0.05) is 18.2 Å². The molecular weight excluding hydrogens is 162 g/mol. The summed E-state index contributed by atoms with van der Waals surface area (Å²) in [5.41, 5.74) is 0.576. The molecule has 2 saturated carbocycles. The lowest BCUT2D eigenvalue weighted by Gasteiger charge is -2.24. The molecule has 3 fully saturated rings. The van der Waals surface area contributed by atoms with Gasteiger partial charge in [-0.2, -0.15) is 0 Å². The van der Waals surface area contributed by atoms with Gasteiger partial charge in [-0.3, -0.25) is 0 Å². The van der Waals surface area contributed by atoms with Crippen LogP contribution in [0.15, 0.2) is 0 Å². The first-order chi connectivity index (χ1) is 6.30. The molecule has 2 unspecified atom stereocenters. The highest BCUT2D eigenvalue weighted by Gasteiger charge is 2.55. The Kier molecular flexibility index (Phi) is 1.72. The Labute approximate surface area is 80.0 Å². The van der Waals surface area contributed by atoms with Crippen LogP contribution in [-0.2, 0) is 4.74 Å². The minimum absolute atomic E-state index is 0.441. The molecule has 0 radical (unpaired) electrons. The second-order valence-corrected chi connectivity index (χ2v) is 5.05. The van der Waals surface area contributed by atoms with Gasteiger partial charge in [-0.25, -0.2) is 0 Å². The Balaban J connectivity index is 1.61. The van der Waals surface area contributed by atoms with Crippen LogP contribution in [0.3, 0.4) is 0 Å². The minimum atomic E-state index is 0.441. The van der Waals surface area contributed by atoms with Gasteiger partial charge >= 0.3 is 0 Å². The van der Waals surface area contributed by atoms with Crippen molar-refractivity contribution in [3.8, 4) is 0 Å². The van der Waals surface area contributed by atoms with E-state index in [1.807, 2.05) is 0 Å². The quantitative estimate of drug-likeness (QED) is 0.715. The van der Waals surface area contributed by atoms with Crippen molar-refractivity contribution in [3.63, 3.8) is 0 Å². The lowest BCUT2D eigenvalue weighted by atomic mass is 10.1. The molecule has 0 aromatic carbocycles. The maximum absolute atomic E-state index is 5.58. The molecule has 1 saturated heterocycles. The molecule has 2 atom stereocenters. The Morgan fingerprint density at radius 3 is 2.46 bits per heavy atom. The monoisotopic (exact) mass is 181 g/mol. The molecule has 74 valence electrons. The third-order valence-corrected chi connectivity index (χ3v) is 4.00. The van der Waals surface area contributed by atoms with E-state index >= 15 is 0 Å². The van der Waals surface area contributed by atoms with E-state index in [4.69, 9.17) is 4.74 Å². The van der Waals surface area contributed by atoms with Gasteiger partial charge in [0.2, 0.25) is 0 Å². The fourth-order valence-corrected chi connectivity index (χ4v) is 2.73. The predicted molar refractivity (Wildman–Crippen MR) is 51.6 cm³/mol. The normalized spacial score (nSPS) is 42.2. The lowest BCUT2D eigenvalue weighted by molar-refractivity contribution is 0.109. The zero-order valence-electron chi connectivity index (χ0n) is 8.38. The molecule has 3 rings (SSSR count). The van der Waals surface area contributed by atoms with E-state index in [2.05, 4.69) is 12.2 Å². The summed E-state index contributed by atoms with van der Waals surface area (Å²) in [5, 5.41) is 3.85. The highest BCUT2D eigenvalue weighted by molar-refractivity contribution is 5.13. The van der Waals surface area contributed by atoms with Gasteiger partial charge in [-0.15, -0.1) is 0 Å². The molecule has 0 spiro atoms. The standard InChI is InChI=1S/C11H19NO/c1-8-10(4-7-13-8)12-11(5-6-11)9-2-3-9/h8-10,12H,2-7H2,1H3. The summed E-state index contributed by atoms with van der Waals surface area (Å²) in [4.78, 5) is 0. The summed E-state index contributed by atoms with van der Waals surface area (Å²) in [5.74, 6) is 1.01. The largest absolute Gasteiger partial charge is 0.377 e. The van der Waals surface area contributed by atoms with Crippen LogP contribution >= 0.6 is 0 Å². The molecule has 13 heavy (non-hydrogen) atoms. The summed E-state index contributed by atoms with van der Waals surface area (Å²) in [6, 6.07) is 0.642. The highest BCUT2D eigenvalue weighted by atomic mass is 16.5. The van der Waals surface area contributed by atoms with Crippen LogP contribution in [0.4, 0.5) is 0 Å². The maximum Gasteiger partial charge on any atom is 0.0700 e. The van der Waals surface area contributed by atoms with Gasteiger partial charge in [-0.05, 0) is 44.9 Å². The summed E-state index contributed by atoms with van der Waals surface area (Å²) in [7, 11) is 0. The van der Waals surface area contributed by atoms with Crippen molar-refractivity contribution in [2.75, 3.05) is 6.61 Å². The van der Waals surface area contributed by atoms with Gasteiger partial charge < -0.3 is 10.1 Å². The molecule has 1 aliphatic heterocycles. The number of hydrogen-bond donors (Lipinski definition) is 1. The van der Waals surface area contributed by atoms with Crippen LogP contribution in [0.1, 0.15) is 39.0 Å². The number of rotatable bonds is 3. The van der Waals surface area contributed by atoms with E-state index in [0.29, 0.717) is 17.7 Å². The zero-order chi connectivity index (χ0) is 8.89. The summed E-state index contributed by atoms with van der Waals surface area (Å²) < 4.78 is 5.58. The Hall–Kier alpha value is -0.0800. The molecule has 1 N–H and O–H groups in total. The molecule has 0 aromatic heterocycles. The van der Waals surface area contributed by atoms with Crippen LogP contribution in [0.25, 0.3) is 0 Å². The van der Waals surface area contributed by atoms with Crippen molar-refractivity contribution in [1.82, 2.24) is 5.32 Å². The van der Waals surface area contributed by atoms with Gasteiger partial charge in [-0.1, -0.05) is 0 Å². The van der Waals surface area contributed by atoms with Crippen LogP contribution < -0.4 is 5.32 Å². The van der Waals surface area contributed by atoms with Crippen molar-refractivity contribution < 1.29 is 4.74 Å². The first-order valence-corrected chi connectivity index (χ1v) is 5.69. The molecule has 0 bridgehead atoms. The molecule has 2 aliphatic carbocycles. The fourth-order valence-electron chi connectivity index (χ4n) is 2.73. The first-order valence-electron chi connectivity index (χ1n) is 5.69. The predicted octanol–water partition coefficient (Wildman–Crippen LogP) is 1.70. The topological polar surface area (TPSA) is 21.3 Å². The van der Waals surface area contributed by atoms with E-state index in [1.54, 1.807) is 0 Å². The summed E-state index contributed by atoms with van der Waals surface area (Å²) >= 11 is 0. The molecule has 1 heterocycles. The average Bonchev–Trinajstić information content (AvgIpc) is 2.97. The first kappa shape index (κ1) is 8.25. The van der Waals surface area contributed by atoms with Crippen LogP contribution in [-0.4, -0.2) is 24.3 Å². The van der Waals surface area contributed by atoms with Crippen molar-refractivity contribution in [1.29, 1.82) is 0 Å². The smallest absolute Gasteiger partial charge is 0.0700 e. The Morgan fingerprint density at radius 2 is 2.00 bits per heavy atom. The Bertz CT molecular complexity index is 208. The number of hydrogen-bond acceptors (Lipinski definition) is 2. The summed E-state index contributed by atoms with van der Waals surface area (Å²) in [6.07, 6.45) is 7.43. The molecule has 2 heteroatoms. The van der Waals surface area contributed by atoms with Crippen LogP contribution in [0, 0.1) is 5.92 Å². The maximum atomic E-state index is 5.58. The van der Waals surface area contributed by atoms with Crippen molar-refractivity contribution in [2.45, 2.75) is 56.7 Å². The van der Waals surface area contributed by atoms with Gasteiger partial charge in [0.15, 0.2) is 0 Å². The second kappa shape index (κ2) is 2.71. The van der Waals surface area contributed by atoms with Gasteiger partial charge in [0.05, 0.1) is 6.10 Å². The molecular formula is C11H19NO. The van der Waals surface area contributed by atoms with E-state index in [0.717, 1.165) is 12.5 Å². The van der Waals surface area contributed by atoms with E-state index in [9.17, 15) is 0 Å². The van der Waals surface area contributed by atoms with Gasteiger partial charge in [0.1, 0.15) is 0 Å². The fraction of sp³-hybridized carbons (Fsp3) is 1.00. The van der Waals surface area contributed by atoms with Crippen molar-refractivity contribution in [3.05, 3.63) is 0 Å². The molecule has 3 aliphatic rings. The third-order valence-electron chi connectivity index (χ3n) is 4.00. The Morgan fingerprint density at radius 1 is 1.23 bits per heavy atom. The highest BCUT2D eigenvalue weighted by Crippen LogP contribution is 2.54. The second-order valence-electron chi connectivity index (χ2n) is 5.05. The van der Waals surface area contributed by atoms with E-state index < -0.39 is 0 Å². The minimum Gasteiger partial charge on any atom is -0.377 e. The number of ether oxygens (including phenoxy) is 1. The average molecular weight is 181 g/mol. The van der Waals surface area contributed by atoms with Crippen molar-refractivity contribution >= 4 is 0 Å². The van der Waals surface area contributed by atoms with Crippen LogP contribution in [0.5, 0.6) is 0 Å².